The second-order valence-electron chi connectivity index (χ2n) is 6.60. The summed E-state index contributed by atoms with van der Waals surface area (Å²) in [6, 6.07) is 1.34. The fraction of sp³-hybridized carbons (Fsp3) is 0.529. The molecule has 0 unspecified atom stereocenters. The number of benzene rings is 1. The van der Waals surface area contributed by atoms with E-state index in [1.807, 2.05) is 0 Å². The maximum absolute atomic E-state index is 13.6. The summed E-state index contributed by atoms with van der Waals surface area (Å²) in [6.07, 6.45) is -9.44. The molecule has 13 heteroatoms. The number of carbonyl (C=O) groups excluding carboxylic acids is 2. The van der Waals surface area contributed by atoms with E-state index in [0.717, 1.165) is 24.1 Å². The molecule has 1 fully saturated rings. The molecular formula is C17H20F6N4O3. The normalized spacial score (nSPS) is 16.7. The predicted molar refractivity (Wildman–Crippen MR) is 94.8 cm³/mol. The first-order valence-corrected chi connectivity index (χ1v) is 8.70. The van der Waals surface area contributed by atoms with Gasteiger partial charge in [-0.25, -0.2) is 0 Å². The highest BCUT2D eigenvalue weighted by molar-refractivity contribution is 5.98. The molecule has 1 heterocycles. The lowest BCUT2D eigenvalue weighted by atomic mass is 10.1. The smallest absolute Gasteiger partial charge is 0.370 e. The van der Waals surface area contributed by atoms with E-state index >= 15 is 0 Å². The molecule has 1 aromatic rings. The third-order valence-electron chi connectivity index (χ3n) is 4.33. The number of amides is 2. The molecule has 1 aromatic carbocycles. The summed E-state index contributed by atoms with van der Waals surface area (Å²) >= 11 is 0. The molecule has 2 amide bonds. The van der Waals surface area contributed by atoms with E-state index in [4.69, 9.17) is 10.5 Å². The zero-order valence-corrected chi connectivity index (χ0v) is 15.8. The number of alkyl halides is 6. The summed E-state index contributed by atoms with van der Waals surface area (Å²) in [4.78, 5) is 25.8. The molecule has 0 aromatic heterocycles. The summed E-state index contributed by atoms with van der Waals surface area (Å²) in [7, 11) is 1.03. The predicted octanol–water partition coefficient (Wildman–Crippen LogP) is 1.83. The number of carbonyl (C=O) groups is 2. The van der Waals surface area contributed by atoms with Gasteiger partial charge in [0.05, 0.1) is 24.4 Å². The highest BCUT2D eigenvalue weighted by Crippen LogP contribution is 2.38. The highest BCUT2D eigenvalue weighted by atomic mass is 19.4. The van der Waals surface area contributed by atoms with Crippen molar-refractivity contribution in [3.8, 4) is 0 Å². The van der Waals surface area contributed by atoms with Gasteiger partial charge >= 0.3 is 12.4 Å². The molecule has 1 aliphatic heterocycles. The van der Waals surface area contributed by atoms with Gasteiger partial charge in [-0.3, -0.25) is 14.5 Å². The van der Waals surface area contributed by atoms with E-state index in [2.05, 4.69) is 5.32 Å². The zero-order valence-electron chi connectivity index (χ0n) is 15.8. The molecule has 0 radical (unpaired) electrons. The van der Waals surface area contributed by atoms with Crippen LogP contribution in [0, 0.1) is 0 Å². The van der Waals surface area contributed by atoms with E-state index in [0.29, 0.717) is 11.0 Å². The van der Waals surface area contributed by atoms with E-state index in [1.54, 1.807) is 0 Å². The quantitative estimate of drug-likeness (QED) is 0.657. The van der Waals surface area contributed by atoms with Gasteiger partial charge in [0, 0.05) is 18.8 Å². The molecule has 0 spiro atoms. The molecule has 1 saturated heterocycles. The Kier molecular flexibility index (Phi) is 7.31. The van der Waals surface area contributed by atoms with Crippen LogP contribution >= 0.6 is 0 Å². The fourth-order valence-electron chi connectivity index (χ4n) is 2.95. The number of rotatable bonds is 6. The maximum atomic E-state index is 13.6. The van der Waals surface area contributed by atoms with Crippen molar-refractivity contribution in [2.75, 3.05) is 50.1 Å². The summed E-state index contributed by atoms with van der Waals surface area (Å²) < 4.78 is 83.2. The summed E-state index contributed by atoms with van der Waals surface area (Å²) in [5.41, 5.74) is 3.50. The lowest BCUT2D eigenvalue weighted by Gasteiger charge is -2.30. The first-order chi connectivity index (χ1) is 13.8. The average Bonchev–Trinajstić information content (AvgIpc) is 2.60. The van der Waals surface area contributed by atoms with Crippen LogP contribution in [0.4, 0.5) is 37.7 Å². The number of nitrogens with one attached hydrogen (secondary N) is 1. The molecule has 30 heavy (non-hydrogen) atoms. The second-order valence-corrected chi connectivity index (χ2v) is 6.60. The van der Waals surface area contributed by atoms with Crippen molar-refractivity contribution in [3.05, 3.63) is 23.8 Å². The summed E-state index contributed by atoms with van der Waals surface area (Å²) in [5, 5.41) is 2.16. The summed E-state index contributed by atoms with van der Waals surface area (Å²) in [6.45, 7) is -2.28. The molecule has 0 aliphatic carbocycles. The number of hydrogen-bond acceptors (Lipinski definition) is 5. The fourth-order valence-corrected chi connectivity index (χ4v) is 2.95. The topological polar surface area (TPSA) is 87.9 Å². The van der Waals surface area contributed by atoms with Crippen LogP contribution in [-0.4, -0.2) is 68.8 Å². The standard InChI is InChI=1S/C17H20F6N4O3/c1-26(9-16(18,19)20)13(7-24)15(29)25-10-2-3-12(11(6-10)17(21,22)23)27-4-5-30-8-14(27)28/h2-3,6,13H,4-5,7-9,24H2,1H3,(H,25,29)/t13-/m0/s1. The van der Waals surface area contributed by atoms with Crippen molar-refractivity contribution in [3.63, 3.8) is 0 Å². The molecular weight excluding hydrogens is 422 g/mol. The zero-order chi connectivity index (χ0) is 22.7. The molecule has 0 bridgehead atoms. The van der Waals surface area contributed by atoms with Crippen molar-refractivity contribution in [1.82, 2.24) is 4.90 Å². The Morgan fingerprint density at radius 1 is 1.30 bits per heavy atom. The number of halogens is 6. The van der Waals surface area contributed by atoms with Crippen molar-refractivity contribution in [2.45, 2.75) is 18.4 Å². The number of anilines is 2. The van der Waals surface area contributed by atoms with Gasteiger partial charge in [0.2, 0.25) is 5.91 Å². The van der Waals surface area contributed by atoms with Crippen LogP contribution in [0.15, 0.2) is 18.2 Å². The number of nitrogens with two attached hydrogens (primary N) is 1. The molecule has 1 atom stereocenters. The van der Waals surface area contributed by atoms with Crippen molar-refractivity contribution in [2.24, 2.45) is 5.73 Å². The van der Waals surface area contributed by atoms with Gasteiger partial charge in [-0.15, -0.1) is 0 Å². The SMILES string of the molecule is CN(CC(F)(F)F)[C@@H](CN)C(=O)Nc1ccc(N2CCOCC2=O)c(C(F)(F)F)c1. The van der Waals surface area contributed by atoms with Gasteiger partial charge < -0.3 is 20.7 Å². The van der Waals surface area contributed by atoms with Gasteiger partial charge in [0.25, 0.3) is 5.91 Å². The lowest BCUT2D eigenvalue weighted by molar-refractivity contribution is -0.150. The molecule has 1 aliphatic rings. The minimum absolute atomic E-state index is 0.0608. The Morgan fingerprint density at radius 3 is 2.50 bits per heavy atom. The molecule has 7 nitrogen and oxygen atoms in total. The van der Waals surface area contributed by atoms with Crippen LogP contribution in [0.25, 0.3) is 0 Å². The van der Waals surface area contributed by atoms with Crippen molar-refractivity contribution >= 4 is 23.2 Å². The van der Waals surface area contributed by atoms with E-state index in [-0.39, 0.29) is 25.4 Å². The van der Waals surface area contributed by atoms with Crippen LogP contribution in [0.5, 0.6) is 0 Å². The Hall–Kier alpha value is -2.38. The first kappa shape index (κ1) is 23.9. The lowest BCUT2D eigenvalue weighted by Crippen LogP contribution is -2.49. The monoisotopic (exact) mass is 442 g/mol. The third-order valence-corrected chi connectivity index (χ3v) is 4.33. The Morgan fingerprint density at radius 2 is 1.97 bits per heavy atom. The van der Waals surface area contributed by atoms with Gasteiger partial charge in [0.15, 0.2) is 0 Å². The van der Waals surface area contributed by atoms with Crippen LogP contribution in [0.3, 0.4) is 0 Å². The average molecular weight is 442 g/mol. The van der Waals surface area contributed by atoms with Gasteiger partial charge in [0.1, 0.15) is 12.6 Å². The van der Waals surface area contributed by atoms with Crippen molar-refractivity contribution in [1.29, 1.82) is 0 Å². The molecule has 168 valence electrons. The Labute approximate surface area is 167 Å². The largest absolute Gasteiger partial charge is 0.418 e. The van der Waals surface area contributed by atoms with Gasteiger partial charge in [-0.2, -0.15) is 26.3 Å². The van der Waals surface area contributed by atoms with E-state index < -0.39 is 54.5 Å². The first-order valence-electron chi connectivity index (χ1n) is 8.70. The Balaban J connectivity index is 2.27. The Bertz CT molecular complexity index is 784. The minimum Gasteiger partial charge on any atom is -0.370 e. The number of ether oxygens (including phenoxy) is 1. The minimum atomic E-state index is -4.85. The number of nitrogens with zero attached hydrogens (tertiary/aromatic N) is 2. The van der Waals surface area contributed by atoms with Crippen LogP contribution in [-0.2, 0) is 20.5 Å². The van der Waals surface area contributed by atoms with Gasteiger partial charge in [-0.05, 0) is 25.2 Å². The van der Waals surface area contributed by atoms with Crippen LogP contribution < -0.4 is 16.0 Å². The van der Waals surface area contributed by atoms with E-state index in [9.17, 15) is 35.9 Å². The number of morpholine rings is 1. The third kappa shape index (κ3) is 6.06. The number of likely N-dealkylation sites (N-methyl/N-ethyl adjacent to an activating group) is 1. The molecule has 0 saturated carbocycles. The van der Waals surface area contributed by atoms with E-state index in [1.165, 1.54) is 0 Å². The summed E-state index contributed by atoms with van der Waals surface area (Å²) in [5.74, 6) is -1.65. The van der Waals surface area contributed by atoms with Crippen molar-refractivity contribution < 1.29 is 40.7 Å². The van der Waals surface area contributed by atoms with Gasteiger partial charge in [-0.1, -0.05) is 0 Å². The van der Waals surface area contributed by atoms with Crippen LogP contribution in [0.2, 0.25) is 0 Å². The second kappa shape index (κ2) is 9.18. The highest BCUT2D eigenvalue weighted by Gasteiger charge is 2.38. The maximum Gasteiger partial charge on any atom is 0.418 e. The number of hydrogen-bond donors (Lipinski definition) is 2. The van der Waals surface area contributed by atoms with Crippen LogP contribution in [0.1, 0.15) is 5.56 Å². The molecule has 3 N–H and O–H groups in total. The molecule has 2 rings (SSSR count).